The van der Waals surface area contributed by atoms with Crippen LogP contribution in [0.2, 0.25) is 0 Å². The molecule has 1 amide bonds. The van der Waals surface area contributed by atoms with Crippen molar-refractivity contribution in [3.8, 4) is 0 Å². The van der Waals surface area contributed by atoms with Gasteiger partial charge in [0, 0.05) is 23.8 Å². The summed E-state index contributed by atoms with van der Waals surface area (Å²) in [5, 5.41) is 15.8. The number of nitrogens with zero attached hydrogens (tertiary/aromatic N) is 1. The molecule has 160 valence electrons. The van der Waals surface area contributed by atoms with Crippen molar-refractivity contribution in [2.45, 2.75) is 45.1 Å². The second-order valence-electron chi connectivity index (χ2n) is 9.09. The topological polar surface area (TPSA) is 81.7 Å². The van der Waals surface area contributed by atoms with E-state index in [1.54, 1.807) is 12.1 Å². The maximum Gasteiger partial charge on any atom is 0.337 e. The van der Waals surface area contributed by atoms with Crippen LogP contribution in [0, 0.1) is 0 Å². The third kappa shape index (κ3) is 5.39. The zero-order valence-electron chi connectivity index (χ0n) is 18.2. The maximum absolute atomic E-state index is 12.7. The first-order valence-electron chi connectivity index (χ1n) is 10.4. The van der Waals surface area contributed by atoms with Crippen molar-refractivity contribution in [3.63, 3.8) is 0 Å². The number of likely N-dealkylation sites (tertiary alicyclic amines) is 1. The number of carboxylic acid groups (broad SMARTS) is 1. The van der Waals surface area contributed by atoms with Gasteiger partial charge in [-0.2, -0.15) is 0 Å². The molecule has 6 nitrogen and oxygen atoms in total. The predicted octanol–water partition coefficient (Wildman–Crippen LogP) is 4.44. The Morgan fingerprint density at radius 2 is 1.80 bits per heavy atom. The fourth-order valence-corrected chi connectivity index (χ4v) is 3.76. The highest BCUT2D eigenvalue weighted by Gasteiger charge is 2.20. The van der Waals surface area contributed by atoms with E-state index in [1.165, 1.54) is 6.07 Å². The standard InChI is InChI=1S/C24H31N3O3/c1-24(2,3)17-9-7-16(8-10-17)22(28)26-18-11-12-20(23(29)30)21(14-18)25-19-6-5-13-27(4)15-19/h7-12,14,19,25H,5-6,13,15H2,1-4H3,(H,26,28)(H,29,30). The number of carbonyl (C=O) groups is 2. The zero-order valence-corrected chi connectivity index (χ0v) is 18.2. The Balaban J connectivity index is 1.77. The normalized spacial score (nSPS) is 17.4. The van der Waals surface area contributed by atoms with E-state index >= 15 is 0 Å². The van der Waals surface area contributed by atoms with E-state index in [0.717, 1.165) is 31.5 Å². The lowest BCUT2D eigenvalue weighted by atomic mass is 9.87. The van der Waals surface area contributed by atoms with Gasteiger partial charge >= 0.3 is 5.97 Å². The Labute approximate surface area is 178 Å². The number of hydrogen-bond donors (Lipinski definition) is 3. The highest BCUT2D eigenvalue weighted by Crippen LogP contribution is 2.25. The Morgan fingerprint density at radius 3 is 2.40 bits per heavy atom. The van der Waals surface area contributed by atoms with Gasteiger partial charge in [-0.25, -0.2) is 4.79 Å². The minimum Gasteiger partial charge on any atom is -0.478 e. The van der Waals surface area contributed by atoms with Crippen molar-refractivity contribution in [1.82, 2.24) is 4.90 Å². The van der Waals surface area contributed by atoms with Crippen LogP contribution in [0.3, 0.4) is 0 Å². The Bertz CT molecular complexity index is 916. The molecule has 30 heavy (non-hydrogen) atoms. The summed E-state index contributed by atoms with van der Waals surface area (Å²) in [5.74, 6) is -1.21. The van der Waals surface area contributed by atoms with Gasteiger partial charge in [0.2, 0.25) is 0 Å². The summed E-state index contributed by atoms with van der Waals surface area (Å²) in [6, 6.07) is 12.6. The minimum atomic E-state index is -0.989. The van der Waals surface area contributed by atoms with Gasteiger partial charge in [0.25, 0.3) is 5.91 Å². The van der Waals surface area contributed by atoms with Crippen LogP contribution in [0.15, 0.2) is 42.5 Å². The fraction of sp³-hybridized carbons (Fsp3) is 0.417. The molecule has 2 aromatic rings. The molecule has 1 aliphatic rings. The Kier molecular flexibility index (Phi) is 6.46. The molecular formula is C24H31N3O3. The molecule has 1 unspecified atom stereocenters. The molecule has 0 aromatic heterocycles. The van der Waals surface area contributed by atoms with Crippen molar-refractivity contribution in [3.05, 3.63) is 59.2 Å². The molecule has 1 atom stereocenters. The quantitative estimate of drug-likeness (QED) is 0.680. The van der Waals surface area contributed by atoms with Crippen LogP contribution in [0.4, 0.5) is 11.4 Å². The first-order valence-corrected chi connectivity index (χ1v) is 10.4. The number of rotatable bonds is 5. The Morgan fingerprint density at radius 1 is 1.10 bits per heavy atom. The number of likely N-dealkylation sites (N-methyl/N-ethyl adjacent to an activating group) is 1. The van der Waals surface area contributed by atoms with Crippen LogP contribution in [0.25, 0.3) is 0 Å². The van der Waals surface area contributed by atoms with E-state index in [1.807, 2.05) is 24.3 Å². The fourth-order valence-electron chi connectivity index (χ4n) is 3.76. The first kappa shape index (κ1) is 21.8. The molecule has 1 aliphatic heterocycles. The van der Waals surface area contributed by atoms with Crippen LogP contribution < -0.4 is 10.6 Å². The largest absolute Gasteiger partial charge is 0.478 e. The predicted molar refractivity (Wildman–Crippen MR) is 121 cm³/mol. The lowest BCUT2D eigenvalue weighted by Gasteiger charge is -2.31. The average molecular weight is 410 g/mol. The molecule has 1 fully saturated rings. The Hall–Kier alpha value is -2.86. The number of carbonyl (C=O) groups excluding carboxylic acids is 1. The molecule has 0 aliphatic carbocycles. The van der Waals surface area contributed by atoms with Gasteiger partial charge in [-0.3, -0.25) is 4.79 Å². The molecule has 0 bridgehead atoms. The number of nitrogens with one attached hydrogen (secondary N) is 2. The van der Waals surface area contributed by atoms with Crippen LogP contribution in [-0.4, -0.2) is 48.1 Å². The van der Waals surface area contributed by atoms with E-state index in [0.29, 0.717) is 16.9 Å². The van der Waals surface area contributed by atoms with Crippen molar-refractivity contribution in [2.24, 2.45) is 0 Å². The van der Waals surface area contributed by atoms with Crippen molar-refractivity contribution >= 4 is 23.3 Å². The van der Waals surface area contributed by atoms with E-state index in [-0.39, 0.29) is 22.9 Å². The summed E-state index contributed by atoms with van der Waals surface area (Å²) in [7, 11) is 2.06. The van der Waals surface area contributed by atoms with E-state index in [2.05, 4.69) is 43.4 Å². The SMILES string of the molecule is CN1CCCC(Nc2cc(NC(=O)c3ccc(C(C)(C)C)cc3)ccc2C(=O)O)C1. The first-order chi connectivity index (χ1) is 14.1. The summed E-state index contributed by atoms with van der Waals surface area (Å²) >= 11 is 0. The number of anilines is 2. The molecule has 0 spiro atoms. The summed E-state index contributed by atoms with van der Waals surface area (Å²) in [5.41, 5.74) is 3.05. The highest BCUT2D eigenvalue weighted by molar-refractivity contribution is 6.05. The smallest absolute Gasteiger partial charge is 0.337 e. The van der Waals surface area contributed by atoms with E-state index in [4.69, 9.17) is 0 Å². The van der Waals surface area contributed by atoms with Gasteiger partial charge in [-0.05, 0) is 67.7 Å². The summed E-state index contributed by atoms with van der Waals surface area (Å²) in [6.45, 7) is 8.30. The van der Waals surface area contributed by atoms with Gasteiger partial charge in [-0.15, -0.1) is 0 Å². The highest BCUT2D eigenvalue weighted by atomic mass is 16.4. The number of benzene rings is 2. The van der Waals surface area contributed by atoms with Gasteiger partial charge in [0.15, 0.2) is 0 Å². The molecule has 0 saturated carbocycles. The summed E-state index contributed by atoms with van der Waals surface area (Å²) in [4.78, 5) is 26.6. The van der Waals surface area contributed by atoms with Gasteiger partial charge in [0.1, 0.15) is 0 Å². The molecule has 1 saturated heterocycles. The van der Waals surface area contributed by atoms with Crippen LogP contribution >= 0.6 is 0 Å². The zero-order chi connectivity index (χ0) is 21.9. The van der Waals surface area contributed by atoms with Crippen molar-refractivity contribution in [2.75, 3.05) is 30.8 Å². The van der Waals surface area contributed by atoms with Crippen LogP contribution in [0.5, 0.6) is 0 Å². The van der Waals surface area contributed by atoms with Crippen molar-refractivity contribution < 1.29 is 14.7 Å². The van der Waals surface area contributed by atoms with E-state index in [9.17, 15) is 14.7 Å². The lowest BCUT2D eigenvalue weighted by Crippen LogP contribution is -2.40. The summed E-state index contributed by atoms with van der Waals surface area (Å²) in [6.07, 6.45) is 2.05. The third-order valence-corrected chi connectivity index (χ3v) is 5.51. The second-order valence-corrected chi connectivity index (χ2v) is 9.09. The molecule has 3 rings (SSSR count). The molecule has 0 radical (unpaired) electrons. The van der Waals surface area contributed by atoms with Crippen LogP contribution in [0.1, 0.15) is 59.9 Å². The number of hydrogen-bond acceptors (Lipinski definition) is 4. The summed E-state index contributed by atoms with van der Waals surface area (Å²) < 4.78 is 0. The number of amides is 1. The van der Waals surface area contributed by atoms with Crippen molar-refractivity contribution in [1.29, 1.82) is 0 Å². The van der Waals surface area contributed by atoms with Gasteiger partial charge < -0.3 is 20.6 Å². The molecule has 2 aromatic carbocycles. The molecule has 1 heterocycles. The second kappa shape index (κ2) is 8.88. The molecular weight excluding hydrogens is 378 g/mol. The third-order valence-electron chi connectivity index (χ3n) is 5.51. The lowest BCUT2D eigenvalue weighted by molar-refractivity contribution is 0.0697. The molecule has 3 N–H and O–H groups in total. The maximum atomic E-state index is 12.7. The van der Waals surface area contributed by atoms with Crippen LogP contribution in [-0.2, 0) is 5.41 Å². The number of carboxylic acids is 1. The van der Waals surface area contributed by atoms with Gasteiger partial charge in [-0.1, -0.05) is 32.9 Å². The number of aromatic carboxylic acids is 1. The minimum absolute atomic E-state index is 0.0232. The monoisotopic (exact) mass is 409 g/mol. The molecule has 6 heteroatoms. The van der Waals surface area contributed by atoms with E-state index < -0.39 is 5.97 Å². The average Bonchev–Trinajstić information content (AvgIpc) is 2.67. The number of piperidine rings is 1. The van der Waals surface area contributed by atoms with Gasteiger partial charge in [0.05, 0.1) is 11.3 Å².